The molecular formula is C21H23N3O2. The third-order valence-corrected chi connectivity index (χ3v) is 4.26. The Balaban J connectivity index is 1.62. The highest BCUT2D eigenvalue weighted by atomic mass is 16.5. The van der Waals surface area contributed by atoms with Crippen LogP contribution in [0.15, 0.2) is 54.9 Å². The van der Waals surface area contributed by atoms with E-state index in [0.29, 0.717) is 6.54 Å². The summed E-state index contributed by atoms with van der Waals surface area (Å²) >= 11 is 0. The van der Waals surface area contributed by atoms with Gasteiger partial charge in [0, 0.05) is 18.9 Å². The highest BCUT2D eigenvalue weighted by Gasteiger charge is 2.09. The van der Waals surface area contributed by atoms with E-state index in [0.717, 1.165) is 34.0 Å². The number of carbonyl (C=O) groups is 1. The minimum atomic E-state index is -0.150. The zero-order chi connectivity index (χ0) is 18.5. The van der Waals surface area contributed by atoms with Crippen LogP contribution in [-0.2, 0) is 11.3 Å². The van der Waals surface area contributed by atoms with Gasteiger partial charge >= 0.3 is 0 Å². The second kappa shape index (κ2) is 7.87. The largest absolute Gasteiger partial charge is 0.483 e. The van der Waals surface area contributed by atoms with Gasteiger partial charge in [-0.25, -0.2) is 4.98 Å². The number of rotatable bonds is 6. The molecule has 0 saturated carbocycles. The number of ether oxygens (including phenoxy) is 1. The molecule has 0 bridgehead atoms. The number of hydrogen-bond donors (Lipinski definition) is 1. The fraction of sp³-hybridized carbons (Fsp3) is 0.238. The Labute approximate surface area is 153 Å². The second-order valence-electron chi connectivity index (χ2n) is 6.31. The van der Waals surface area contributed by atoms with E-state index in [1.54, 1.807) is 6.20 Å². The predicted octanol–water partition coefficient (Wildman–Crippen LogP) is 3.49. The van der Waals surface area contributed by atoms with Gasteiger partial charge in [0.1, 0.15) is 11.6 Å². The number of aryl methyl sites for hydroxylation is 3. The lowest BCUT2D eigenvalue weighted by molar-refractivity contribution is -0.123. The fourth-order valence-electron chi connectivity index (χ4n) is 2.78. The summed E-state index contributed by atoms with van der Waals surface area (Å²) < 4.78 is 7.67. The summed E-state index contributed by atoms with van der Waals surface area (Å²) in [5.41, 5.74) is 4.16. The highest BCUT2D eigenvalue weighted by Crippen LogP contribution is 2.19. The van der Waals surface area contributed by atoms with Crippen LogP contribution in [0.1, 0.15) is 22.5 Å². The van der Waals surface area contributed by atoms with Crippen molar-refractivity contribution < 1.29 is 9.53 Å². The molecule has 1 amide bonds. The van der Waals surface area contributed by atoms with Gasteiger partial charge < -0.3 is 14.6 Å². The van der Waals surface area contributed by atoms with Crippen LogP contribution in [0.2, 0.25) is 0 Å². The Kier molecular flexibility index (Phi) is 5.37. The number of imidazole rings is 1. The third-order valence-electron chi connectivity index (χ3n) is 4.26. The molecule has 2 aromatic carbocycles. The van der Waals surface area contributed by atoms with Crippen LogP contribution < -0.4 is 10.1 Å². The molecule has 134 valence electrons. The van der Waals surface area contributed by atoms with Crippen LogP contribution in [0, 0.1) is 20.8 Å². The Morgan fingerprint density at radius 3 is 2.73 bits per heavy atom. The first-order valence-electron chi connectivity index (χ1n) is 8.59. The summed E-state index contributed by atoms with van der Waals surface area (Å²) in [4.78, 5) is 16.5. The highest BCUT2D eigenvalue weighted by molar-refractivity contribution is 5.77. The second-order valence-corrected chi connectivity index (χ2v) is 6.31. The molecule has 0 aliphatic heterocycles. The molecule has 0 aliphatic carbocycles. The van der Waals surface area contributed by atoms with Crippen LogP contribution in [-0.4, -0.2) is 22.1 Å². The first kappa shape index (κ1) is 17.7. The van der Waals surface area contributed by atoms with Crippen molar-refractivity contribution in [2.75, 3.05) is 6.61 Å². The first-order valence-corrected chi connectivity index (χ1v) is 8.59. The van der Waals surface area contributed by atoms with E-state index >= 15 is 0 Å². The lowest BCUT2D eigenvalue weighted by atomic mass is 10.1. The predicted molar refractivity (Wildman–Crippen MR) is 102 cm³/mol. The van der Waals surface area contributed by atoms with Crippen molar-refractivity contribution in [3.8, 4) is 11.4 Å². The molecule has 0 saturated heterocycles. The lowest BCUT2D eigenvalue weighted by Gasteiger charge is -2.13. The first-order chi connectivity index (χ1) is 12.5. The molecule has 26 heavy (non-hydrogen) atoms. The van der Waals surface area contributed by atoms with Crippen LogP contribution in [0.5, 0.6) is 5.75 Å². The maximum Gasteiger partial charge on any atom is 0.258 e. The van der Waals surface area contributed by atoms with Crippen LogP contribution >= 0.6 is 0 Å². The van der Waals surface area contributed by atoms with E-state index in [1.807, 2.05) is 74.0 Å². The van der Waals surface area contributed by atoms with Crippen LogP contribution in [0.4, 0.5) is 0 Å². The van der Waals surface area contributed by atoms with Gasteiger partial charge in [-0.3, -0.25) is 4.79 Å². The third kappa shape index (κ3) is 4.11. The molecule has 0 radical (unpaired) electrons. The summed E-state index contributed by atoms with van der Waals surface area (Å²) in [6.07, 6.45) is 3.68. The summed E-state index contributed by atoms with van der Waals surface area (Å²) in [5, 5.41) is 2.93. The number of nitrogens with zero attached hydrogens (tertiary/aromatic N) is 2. The van der Waals surface area contributed by atoms with E-state index in [1.165, 1.54) is 0 Å². The maximum atomic E-state index is 12.2. The van der Waals surface area contributed by atoms with E-state index < -0.39 is 0 Å². The van der Waals surface area contributed by atoms with Crippen molar-refractivity contribution in [2.24, 2.45) is 0 Å². The zero-order valence-electron chi connectivity index (χ0n) is 15.3. The average Bonchev–Trinajstić information content (AvgIpc) is 3.06. The topological polar surface area (TPSA) is 56.1 Å². The molecule has 0 spiro atoms. The Bertz CT molecular complexity index is 915. The Morgan fingerprint density at radius 2 is 1.96 bits per heavy atom. The minimum Gasteiger partial charge on any atom is -0.483 e. The van der Waals surface area contributed by atoms with E-state index in [2.05, 4.69) is 10.3 Å². The number of hydrogen-bond acceptors (Lipinski definition) is 3. The molecule has 1 N–H and O–H groups in total. The number of para-hydroxylation sites is 1. The van der Waals surface area contributed by atoms with Crippen molar-refractivity contribution in [3.63, 3.8) is 0 Å². The van der Waals surface area contributed by atoms with Crippen LogP contribution in [0.3, 0.4) is 0 Å². The van der Waals surface area contributed by atoms with E-state index in [4.69, 9.17) is 4.74 Å². The van der Waals surface area contributed by atoms with Crippen molar-refractivity contribution in [1.82, 2.24) is 14.9 Å². The Morgan fingerprint density at radius 1 is 1.15 bits per heavy atom. The molecule has 0 fully saturated rings. The summed E-state index contributed by atoms with van der Waals surface area (Å²) in [6.45, 7) is 6.35. The van der Waals surface area contributed by atoms with Gasteiger partial charge in [0.25, 0.3) is 5.91 Å². The average molecular weight is 349 g/mol. The maximum absolute atomic E-state index is 12.2. The zero-order valence-corrected chi connectivity index (χ0v) is 15.3. The van der Waals surface area contributed by atoms with Gasteiger partial charge in [0.2, 0.25) is 0 Å². The van der Waals surface area contributed by atoms with Crippen molar-refractivity contribution >= 4 is 5.91 Å². The lowest BCUT2D eigenvalue weighted by Crippen LogP contribution is -2.29. The SMILES string of the molecule is Cc1ccc(C)c(OCC(=O)NCc2ccccc2-n2ccnc2C)c1. The number of aromatic nitrogens is 2. The minimum absolute atomic E-state index is 0.00341. The molecule has 5 nitrogen and oxygen atoms in total. The molecular weight excluding hydrogens is 326 g/mol. The smallest absolute Gasteiger partial charge is 0.258 e. The molecule has 1 aromatic heterocycles. The molecule has 5 heteroatoms. The number of amides is 1. The number of nitrogens with one attached hydrogen (secondary N) is 1. The van der Waals surface area contributed by atoms with Crippen molar-refractivity contribution in [1.29, 1.82) is 0 Å². The number of benzene rings is 2. The van der Waals surface area contributed by atoms with Crippen LogP contribution in [0.25, 0.3) is 5.69 Å². The quantitative estimate of drug-likeness (QED) is 0.741. The van der Waals surface area contributed by atoms with Crippen molar-refractivity contribution in [3.05, 3.63) is 77.4 Å². The summed E-state index contributed by atoms with van der Waals surface area (Å²) in [6, 6.07) is 13.9. The van der Waals surface area contributed by atoms with Crippen molar-refractivity contribution in [2.45, 2.75) is 27.3 Å². The molecule has 0 atom stereocenters. The van der Waals surface area contributed by atoms with Gasteiger partial charge in [-0.2, -0.15) is 0 Å². The van der Waals surface area contributed by atoms with E-state index in [9.17, 15) is 4.79 Å². The normalized spacial score (nSPS) is 10.6. The fourth-order valence-corrected chi connectivity index (χ4v) is 2.78. The molecule has 1 heterocycles. The van der Waals surface area contributed by atoms with Gasteiger partial charge in [-0.1, -0.05) is 30.3 Å². The molecule has 0 aliphatic rings. The summed E-state index contributed by atoms with van der Waals surface area (Å²) in [7, 11) is 0. The van der Waals surface area contributed by atoms with Gasteiger partial charge in [-0.05, 0) is 49.6 Å². The summed E-state index contributed by atoms with van der Waals surface area (Å²) in [5.74, 6) is 1.50. The molecule has 3 aromatic rings. The Hall–Kier alpha value is -3.08. The monoisotopic (exact) mass is 349 g/mol. The molecule has 0 unspecified atom stereocenters. The van der Waals surface area contributed by atoms with E-state index in [-0.39, 0.29) is 12.5 Å². The van der Waals surface area contributed by atoms with Gasteiger partial charge in [-0.15, -0.1) is 0 Å². The number of carbonyl (C=O) groups excluding carboxylic acids is 1. The van der Waals surface area contributed by atoms with Gasteiger partial charge in [0.15, 0.2) is 6.61 Å². The standard InChI is InChI=1S/C21H23N3O2/c1-15-8-9-16(2)20(12-15)26-14-21(25)23-13-18-6-4-5-7-19(18)24-11-10-22-17(24)3/h4-12H,13-14H2,1-3H3,(H,23,25). The van der Waals surface area contributed by atoms with Gasteiger partial charge in [0.05, 0.1) is 5.69 Å². The molecule has 3 rings (SSSR count).